The summed E-state index contributed by atoms with van der Waals surface area (Å²) in [6, 6.07) is 11.4. The fourth-order valence-electron chi connectivity index (χ4n) is 3.55. The van der Waals surface area contributed by atoms with Crippen molar-refractivity contribution in [2.45, 2.75) is 6.54 Å². The maximum Gasteiger partial charge on any atom is 0.262 e. The fraction of sp³-hybridized carbons (Fsp3) is 0.300. The summed E-state index contributed by atoms with van der Waals surface area (Å²) in [6.45, 7) is 4.02. The summed E-state index contributed by atoms with van der Waals surface area (Å²) in [5, 5.41) is 0.434. The molecule has 0 radical (unpaired) electrons. The Hall–Kier alpha value is -2.28. The van der Waals surface area contributed by atoms with Gasteiger partial charge in [0.2, 0.25) is 0 Å². The van der Waals surface area contributed by atoms with Gasteiger partial charge in [-0.25, -0.2) is 4.39 Å². The largest absolute Gasteiger partial charge is 0.296 e. The molecule has 2 heterocycles. The Morgan fingerprint density at radius 1 is 0.889 bits per heavy atom. The van der Waals surface area contributed by atoms with Gasteiger partial charge in [0, 0.05) is 37.7 Å². The number of rotatable bonds is 4. The molecule has 0 aromatic heterocycles. The van der Waals surface area contributed by atoms with Crippen LogP contribution in [-0.4, -0.2) is 59.4 Å². The lowest BCUT2D eigenvalue weighted by molar-refractivity contribution is 0.0447. The summed E-state index contributed by atoms with van der Waals surface area (Å²) in [5.41, 5.74) is 1.85. The number of halogens is 2. The highest BCUT2D eigenvalue weighted by Crippen LogP contribution is 2.23. The molecule has 2 amide bonds. The summed E-state index contributed by atoms with van der Waals surface area (Å²) < 4.78 is 13.2. The molecule has 1 saturated heterocycles. The van der Waals surface area contributed by atoms with Crippen LogP contribution in [0.25, 0.3) is 0 Å². The zero-order valence-electron chi connectivity index (χ0n) is 14.7. The third kappa shape index (κ3) is 3.60. The molecule has 0 N–H and O–H groups in total. The molecule has 2 aliphatic rings. The highest BCUT2D eigenvalue weighted by Gasteiger charge is 2.36. The van der Waals surface area contributed by atoms with E-state index in [2.05, 4.69) is 9.80 Å². The van der Waals surface area contributed by atoms with Crippen LogP contribution in [0.15, 0.2) is 42.5 Å². The second-order valence-corrected chi connectivity index (χ2v) is 7.26. The number of hydrogen-bond donors (Lipinski definition) is 0. The number of benzene rings is 2. The van der Waals surface area contributed by atoms with Crippen LogP contribution in [0.1, 0.15) is 26.3 Å². The summed E-state index contributed by atoms with van der Waals surface area (Å²) in [7, 11) is 0. The van der Waals surface area contributed by atoms with E-state index in [-0.39, 0.29) is 17.6 Å². The molecule has 0 aliphatic carbocycles. The first-order valence-electron chi connectivity index (χ1n) is 8.87. The van der Waals surface area contributed by atoms with Crippen molar-refractivity contribution in [3.63, 3.8) is 0 Å². The number of nitrogens with zero attached hydrogens (tertiary/aromatic N) is 3. The lowest BCUT2D eigenvalue weighted by Gasteiger charge is -2.36. The van der Waals surface area contributed by atoms with Gasteiger partial charge in [-0.3, -0.25) is 24.3 Å². The van der Waals surface area contributed by atoms with E-state index in [4.69, 9.17) is 11.6 Å². The second kappa shape index (κ2) is 7.38. The third-order valence-corrected chi connectivity index (χ3v) is 5.45. The molecule has 0 unspecified atom stereocenters. The zero-order chi connectivity index (χ0) is 19.0. The quantitative estimate of drug-likeness (QED) is 0.757. The van der Waals surface area contributed by atoms with E-state index < -0.39 is 0 Å². The van der Waals surface area contributed by atoms with Crippen LogP contribution < -0.4 is 0 Å². The molecule has 1 fully saturated rings. The van der Waals surface area contributed by atoms with Gasteiger partial charge < -0.3 is 0 Å². The number of hydrogen-bond acceptors (Lipinski definition) is 4. The summed E-state index contributed by atoms with van der Waals surface area (Å²) >= 11 is 6.11. The minimum atomic E-state index is -0.338. The SMILES string of the molecule is O=C1c2ccccc2C(=O)N1CN1CCN(Cc2ccc(F)cc2Cl)CC1. The Balaban J connectivity index is 1.34. The van der Waals surface area contributed by atoms with E-state index in [0.717, 1.165) is 31.7 Å². The van der Waals surface area contributed by atoms with Crippen molar-refractivity contribution in [2.75, 3.05) is 32.8 Å². The Morgan fingerprint density at radius 2 is 1.48 bits per heavy atom. The first kappa shape index (κ1) is 18.1. The summed E-state index contributed by atoms with van der Waals surface area (Å²) in [4.78, 5) is 30.6. The van der Waals surface area contributed by atoms with Gasteiger partial charge in [0.1, 0.15) is 5.82 Å². The van der Waals surface area contributed by atoms with Crippen molar-refractivity contribution in [3.05, 3.63) is 70.0 Å². The molecule has 5 nitrogen and oxygen atoms in total. The standard InChI is InChI=1S/C20H19ClFN3O2/c21-18-11-15(22)6-5-14(18)12-23-7-9-24(10-8-23)13-25-19(26)16-3-1-2-4-17(16)20(25)27/h1-6,11H,7-10,12-13H2. The van der Waals surface area contributed by atoms with Crippen LogP contribution in [0.5, 0.6) is 0 Å². The van der Waals surface area contributed by atoms with E-state index in [1.165, 1.54) is 17.0 Å². The molecule has 140 valence electrons. The smallest absolute Gasteiger partial charge is 0.262 e. The van der Waals surface area contributed by atoms with E-state index in [1.54, 1.807) is 30.3 Å². The van der Waals surface area contributed by atoms with Crippen LogP contribution in [0.2, 0.25) is 5.02 Å². The van der Waals surface area contributed by atoms with Gasteiger partial charge in [-0.05, 0) is 29.8 Å². The van der Waals surface area contributed by atoms with Gasteiger partial charge in [0.25, 0.3) is 11.8 Å². The number of piperazine rings is 1. The van der Waals surface area contributed by atoms with E-state index in [9.17, 15) is 14.0 Å². The highest BCUT2D eigenvalue weighted by atomic mass is 35.5. The van der Waals surface area contributed by atoms with Crippen LogP contribution in [0, 0.1) is 5.82 Å². The number of amides is 2. The van der Waals surface area contributed by atoms with Crippen LogP contribution in [-0.2, 0) is 6.54 Å². The molecule has 0 saturated carbocycles. The molecule has 4 rings (SSSR count). The second-order valence-electron chi connectivity index (χ2n) is 6.86. The van der Waals surface area contributed by atoms with Gasteiger partial charge in [-0.1, -0.05) is 29.8 Å². The van der Waals surface area contributed by atoms with Gasteiger partial charge >= 0.3 is 0 Å². The van der Waals surface area contributed by atoms with Gasteiger partial charge in [-0.2, -0.15) is 0 Å². The van der Waals surface area contributed by atoms with Crippen LogP contribution >= 0.6 is 11.6 Å². The Kier molecular flexibility index (Phi) is 4.95. The molecule has 2 aromatic carbocycles. The van der Waals surface area contributed by atoms with Gasteiger partial charge in [0.15, 0.2) is 0 Å². The predicted octanol–water partition coefficient (Wildman–Crippen LogP) is 2.85. The Morgan fingerprint density at radius 3 is 2.07 bits per heavy atom. The monoisotopic (exact) mass is 387 g/mol. The van der Waals surface area contributed by atoms with E-state index in [0.29, 0.717) is 29.4 Å². The molecular formula is C20H19ClFN3O2. The van der Waals surface area contributed by atoms with Crippen LogP contribution in [0.4, 0.5) is 4.39 Å². The van der Waals surface area contributed by atoms with Crippen molar-refractivity contribution in [1.82, 2.24) is 14.7 Å². The number of imide groups is 1. The average molecular weight is 388 g/mol. The minimum Gasteiger partial charge on any atom is -0.296 e. The first-order chi connectivity index (χ1) is 13.0. The minimum absolute atomic E-state index is 0.226. The molecular weight excluding hydrogens is 369 g/mol. The molecule has 27 heavy (non-hydrogen) atoms. The molecule has 2 aromatic rings. The zero-order valence-corrected chi connectivity index (χ0v) is 15.5. The highest BCUT2D eigenvalue weighted by molar-refractivity contribution is 6.31. The number of carbonyl (C=O) groups excluding carboxylic acids is 2. The average Bonchev–Trinajstić information content (AvgIpc) is 2.91. The Bertz CT molecular complexity index is 862. The summed E-state index contributed by atoms with van der Waals surface area (Å²) in [5.74, 6) is -0.790. The first-order valence-corrected chi connectivity index (χ1v) is 9.24. The molecule has 0 bridgehead atoms. The maximum absolute atomic E-state index is 13.2. The summed E-state index contributed by atoms with van der Waals surface area (Å²) in [6.07, 6.45) is 0. The fourth-order valence-corrected chi connectivity index (χ4v) is 3.77. The topological polar surface area (TPSA) is 43.9 Å². The lowest BCUT2D eigenvalue weighted by Crippen LogP contribution is -2.50. The van der Waals surface area contributed by atoms with Crippen LogP contribution in [0.3, 0.4) is 0 Å². The van der Waals surface area contributed by atoms with Crippen molar-refractivity contribution in [1.29, 1.82) is 0 Å². The molecule has 0 atom stereocenters. The van der Waals surface area contributed by atoms with Crippen molar-refractivity contribution in [3.8, 4) is 0 Å². The normalized spacial score (nSPS) is 18.2. The number of carbonyl (C=O) groups is 2. The van der Waals surface area contributed by atoms with Crippen molar-refractivity contribution >= 4 is 23.4 Å². The van der Waals surface area contributed by atoms with E-state index >= 15 is 0 Å². The third-order valence-electron chi connectivity index (χ3n) is 5.09. The van der Waals surface area contributed by atoms with E-state index in [1.807, 2.05) is 0 Å². The number of fused-ring (bicyclic) bond motifs is 1. The molecule has 7 heteroatoms. The molecule has 2 aliphatic heterocycles. The van der Waals surface area contributed by atoms with Gasteiger partial charge in [0.05, 0.1) is 17.8 Å². The maximum atomic E-state index is 13.2. The predicted molar refractivity (Wildman–Crippen MR) is 100 cm³/mol. The Labute approximate surface area is 161 Å². The van der Waals surface area contributed by atoms with Crippen molar-refractivity contribution < 1.29 is 14.0 Å². The van der Waals surface area contributed by atoms with Gasteiger partial charge in [-0.15, -0.1) is 0 Å². The molecule has 0 spiro atoms. The lowest BCUT2D eigenvalue weighted by atomic mass is 10.1. The van der Waals surface area contributed by atoms with Crippen molar-refractivity contribution in [2.24, 2.45) is 0 Å².